The molecule has 0 aliphatic heterocycles. The van der Waals surface area contributed by atoms with Crippen molar-refractivity contribution in [1.82, 2.24) is 14.7 Å². The van der Waals surface area contributed by atoms with E-state index >= 15 is 0 Å². The van der Waals surface area contributed by atoms with E-state index in [1.807, 2.05) is 35.8 Å². The topological polar surface area (TPSA) is 38.6 Å². The van der Waals surface area contributed by atoms with E-state index in [9.17, 15) is 0 Å². The molecule has 0 spiro atoms. The van der Waals surface area contributed by atoms with Crippen LogP contribution in [0.2, 0.25) is 0 Å². The molecule has 0 fully saturated rings. The number of thiazole rings is 1. The van der Waals surface area contributed by atoms with Gasteiger partial charge in [0.15, 0.2) is 4.96 Å². The predicted molar refractivity (Wildman–Crippen MR) is 89.3 cm³/mol. The second-order valence-electron chi connectivity index (χ2n) is 4.65. The van der Waals surface area contributed by atoms with Crippen LogP contribution in [0.25, 0.3) is 4.96 Å². The van der Waals surface area contributed by atoms with Crippen molar-refractivity contribution in [3.8, 4) is 11.6 Å². The monoisotopic (exact) mass is 365 g/mol. The number of hydrogen-bond acceptors (Lipinski definition) is 4. The Bertz CT molecular complexity index is 720. The van der Waals surface area contributed by atoms with Crippen LogP contribution in [0.3, 0.4) is 0 Å². The molecule has 3 rings (SSSR count). The van der Waals surface area contributed by atoms with Crippen molar-refractivity contribution < 1.29 is 4.74 Å². The van der Waals surface area contributed by atoms with Crippen molar-refractivity contribution in [2.45, 2.75) is 19.9 Å². The van der Waals surface area contributed by atoms with E-state index in [4.69, 9.17) is 4.74 Å². The molecule has 1 aromatic carbocycles. The number of nitrogens with zero attached hydrogens (tertiary/aromatic N) is 2. The Morgan fingerprint density at radius 1 is 1.33 bits per heavy atom. The number of halogens is 1. The Labute approximate surface area is 135 Å². The highest BCUT2D eigenvalue weighted by molar-refractivity contribution is 9.10. The predicted octanol–water partition coefficient (Wildman–Crippen LogP) is 4.45. The maximum atomic E-state index is 5.95. The minimum atomic E-state index is 0.674. The zero-order valence-corrected chi connectivity index (χ0v) is 14.1. The van der Waals surface area contributed by atoms with Crippen LogP contribution in [-0.2, 0) is 6.54 Å². The van der Waals surface area contributed by atoms with Gasteiger partial charge >= 0.3 is 0 Å². The standard InChI is InChI=1S/C15H16BrN3OS/c1-2-7-17-10-13-14(18-15-19(13)8-9-21-15)20-12-5-3-11(16)4-6-12/h3-6,8-9,17H,2,7,10H2,1H3. The Morgan fingerprint density at radius 3 is 2.90 bits per heavy atom. The lowest BCUT2D eigenvalue weighted by atomic mass is 10.3. The number of imidazole rings is 1. The van der Waals surface area contributed by atoms with E-state index in [2.05, 4.69) is 37.6 Å². The van der Waals surface area contributed by atoms with E-state index < -0.39 is 0 Å². The number of ether oxygens (including phenoxy) is 1. The van der Waals surface area contributed by atoms with Crippen molar-refractivity contribution in [3.63, 3.8) is 0 Å². The first kappa shape index (κ1) is 14.6. The van der Waals surface area contributed by atoms with Crippen LogP contribution in [0.15, 0.2) is 40.3 Å². The fourth-order valence-corrected chi connectivity index (χ4v) is 3.04. The van der Waals surface area contributed by atoms with Crippen LogP contribution in [0.5, 0.6) is 11.6 Å². The molecule has 2 aromatic heterocycles. The highest BCUT2D eigenvalue weighted by Crippen LogP contribution is 2.28. The van der Waals surface area contributed by atoms with E-state index in [0.29, 0.717) is 5.88 Å². The molecule has 21 heavy (non-hydrogen) atoms. The van der Waals surface area contributed by atoms with Crippen molar-refractivity contribution in [2.24, 2.45) is 0 Å². The minimum absolute atomic E-state index is 0.674. The summed E-state index contributed by atoms with van der Waals surface area (Å²) in [6.07, 6.45) is 3.14. The van der Waals surface area contributed by atoms with Gasteiger partial charge < -0.3 is 10.1 Å². The lowest BCUT2D eigenvalue weighted by Crippen LogP contribution is -2.15. The summed E-state index contributed by atoms with van der Waals surface area (Å²) in [6, 6.07) is 7.78. The molecule has 3 aromatic rings. The molecule has 0 atom stereocenters. The third-order valence-corrected chi connectivity index (χ3v) is 4.36. The van der Waals surface area contributed by atoms with Crippen LogP contribution in [-0.4, -0.2) is 15.9 Å². The molecule has 0 unspecified atom stereocenters. The second-order valence-corrected chi connectivity index (χ2v) is 6.44. The third-order valence-electron chi connectivity index (χ3n) is 3.07. The van der Waals surface area contributed by atoms with E-state index in [1.165, 1.54) is 0 Å². The van der Waals surface area contributed by atoms with Gasteiger partial charge in [0.25, 0.3) is 0 Å². The largest absolute Gasteiger partial charge is 0.437 e. The average Bonchev–Trinajstić information content (AvgIpc) is 3.04. The number of fused-ring (bicyclic) bond motifs is 1. The fourth-order valence-electron chi connectivity index (χ4n) is 2.05. The van der Waals surface area contributed by atoms with Crippen LogP contribution >= 0.6 is 27.3 Å². The Balaban J connectivity index is 1.87. The number of hydrogen-bond donors (Lipinski definition) is 1. The molecule has 0 radical (unpaired) electrons. The second kappa shape index (κ2) is 6.60. The highest BCUT2D eigenvalue weighted by Gasteiger charge is 2.14. The van der Waals surface area contributed by atoms with Crippen LogP contribution in [0, 0.1) is 0 Å². The van der Waals surface area contributed by atoms with Crippen LogP contribution in [0.1, 0.15) is 19.0 Å². The molecule has 4 nitrogen and oxygen atoms in total. The molecular weight excluding hydrogens is 350 g/mol. The molecule has 6 heteroatoms. The normalized spacial score (nSPS) is 11.1. The first-order valence-corrected chi connectivity index (χ1v) is 8.53. The SMILES string of the molecule is CCCNCc1c(Oc2ccc(Br)cc2)nc2sccn12. The zero-order chi connectivity index (χ0) is 14.7. The van der Waals surface area contributed by atoms with Gasteiger partial charge in [0.2, 0.25) is 5.88 Å². The summed E-state index contributed by atoms with van der Waals surface area (Å²) in [5.41, 5.74) is 1.06. The first-order valence-electron chi connectivity index (χ1n) is 6.86. The van der Waals surface area contributed by atoms with Gasteiger partial charge in [-0.05, 0) is 37.2 Å². The highest BCUT2D eigenvalue weighted by atomic mass is 79.9. The minimum Gasteiger partial charge on any atom is -0.437 e. The molecule has 1 N–H and O–H groups in total. The molecule has 0 bridgehead atoms. The Hall–Kier alpha value is -1.37. The van der Waals surface area contributed by atoms with Crippen LogP contribution < -0.4 is 10.1 Å². The van der Waals surface area contributed by atoms with E-state index in [1.54, 1.807) is 11.3 Å². The molecule has 0 aliphatic carbocycles. The lowest BCUT2D eigenvalue weighted by Gasteiger charge is -2.07. The molecule has 0 saturated heterocycles. The number of nitrogens with one attached hydrogen (secondary N) is 1. The van der Waals surface area contributed by atoms with Crippen molar-refractivity contribution >= 4 is 32.2 Å². The molecular formula is C15H16BrN3OS. The lowest BCUT2D eigenvalue weighted by molar-refractivity contribution is 0.455. The van der Waals surface area contributed by atoms with E-state index in [0.717, 1.165) is 40.4 Å². The van der Waals surface area contributed by atoms with Gasteiger partial charge in [-0.3, -0.25) is 4.40 Å². The van der Waals surface area contributed by atoms with Gasteiger partial charge in [0.05, 0.1) is 0 Å². The third kappa shape index (κ3) is 3.28. The smallest absolute Gasteiger partial charge is 0.243 e. The molecule has 110 valence electrons. The van der Waals surface area contributed by atoms with E-state index in [-0.39, 0.29) is 0 Å². The summed E-state index contributed by atoms with van der Waals surface area (Å²) in [7, 11) is 0. The van der Waals surface area contributed by atoms with Crippen molar-refractivity contribution in [2.75, 3.05) is 6.54 Å². The van der Waals surface area contributed by atoms with Gasteiger partial charge in [0.1, 0.15) is 11.4 Å². The average molecular weight is 366 g/mol. The summed E-state index contributed by atoms with van der Waals surface area (Å²) >= 11 is 5.04. The molecule has 2 heterocycles. The van der Waals surface area contributed by atoms with Gasteiger partial charge in [0, 0.05) is 22.6 Å². The number of benzene rings is 1. The first-order chi connectivity index (χ1) is 10.3. The summed E-state index contributed by atoms with van der Waals surface area (Å²) in [5.74, 6) is 1.47. The summed E-state index contributed by atoms with van der Waals surface area (Å²) < 4.78 is 9.07. The molecule has 0 amide bonds. The number of aromatic nitrogens is 2. The maximum Gasteiger partial charge on any atom is 0.243 e. The summed E-state index contributed by atoms with van der Waals surface area (Å²) in [6.45, 7) is 3.88. The van der Waals surface area contributed by atoms with Crippen molar-refractivity contribution in [3.05, 3.63) is 46.0 Å². The zero-order valence-electron chi connectivity index (χ0n) is 11.7. The van der Waals surface area contributed by atoms with Crippen LogP contribution in [0.4, 0.5) is 0 Å². The number of rotatable bonds is 6. The summed E-state index contributed by atoms with van der Waals surface area (Å²) in [5, 5.41) is 5.45. The fraction of sp³-hybridized carbons (Fsp3) is 0.267. The Morgan fingerprint density at radius 2 is 2.14 bits per heavy atom. The quantitative estimate of drug-likeness (QED) is 0.655. The summed E-state index contributed by atoms with van der Waals surface area (Å²) in [4.78, 5) is 5.53. The van der Waals surface area contributed by atoms with Gasteiger partial charge in [-0.15, -0.1) is 11.3 Å². The van der Waals surface area contributed by atoms with Crippen molar-refractivity contribution in [1.29, 1.82) is 0 Å². The van der Waals surface area contributed by atoms with Gasteiger partial charge in [-0.2, -0.15) is 4.98 Å². The maximum absolute atomic E-state index is 5.95. The van der Waals surface area contributed by atoms with Gasteiger partial charge in [-0.1, -0.05) is 22.9 Å². The molecule has 0 saturated carbocycles. The Kier molecular flexibility index (Phi) is 4.57. The van der Waals surface area contributed by atoms with Gasteiger partial charge in [-0.25, -0.2) is 0 Å². The molecule has 0 aliphatic rings.